The molecule has 1 fully saturated rings. The van der Waals surface area contributed by atoms with Crippen molar-refractivity contribution in [2.75, 3.05) is 6.61 Å². The van der Waals surface area contributed by atoms with Crippen molar-refractivity contribution >= 4 is 11.8 Å². The minimum Gasteiger partial charge on any atom is -0.459 e. The lowest BCUT2D eigenvalue weighted by Crippen LogP contribution is -2.29. The molecule has 0 amide bonds. The van der Waals surface area contributed by atoms with Gasteiger partial charge in [-0.05, 0) is 25.4 Å². The molecule has 8 nitrogen and oxygen atoms in total. The number of ketones is 1. The topological polar surface area (TPSA) is 117 Å². The van der Waals surface area contributed by atoms with Gasteiger partial charge < -0.3 is 14.5 Å². The number of rotatable bonds is 4. The molecule has 1 aromatic heterocycles. The van der Waals surface area contributed by atoms with Crippen LogP contribution >= 0.6 is 0 Å². The van der Waals surface area contributed by atoms with Crippen molar-refractivity contribution in [1.82, 2.24) is 4.98 Å². The minimum absolute atomic E-state index is 0.0661. The van der Waals surface area contributed by atoms with Crippen molar-refractivity contribution in [2.24, 2.45) is 5.11 Å². The van der Waals surface area contributed by atoms with E-state index in [0.717, 1.165) is 5.69 Å². The number of aryl methyl sites for hydroxylation is 1. The maximum Gasteiger partial charge on any atom is 0.303 e. The smallest absolute Gasteiger partial charge is 0.303 e. The van der Waals surface area contributed by atoms with Gasteiger partial charge in [0.25, 0.3) is 0 Å². The van der Waals surface area contributed by atoms with Gasteiger partial charge in [-0.1, -0.05) is 5.11 Å². The number of Topliss-reactive ketones (excluding diaryl/α,β-unsaturated/α-hetero) is 1. The number of carbonyl (C=O) groups is 2. The lowest BCUT2D eigenvalue weighted by molar-refractivity contribution is -0.149. The fraction of sp³-hybridized carbons (Fsp3) is 0.538. The van der Waals surface area contributed by atoms with Crippen LogP contribution in [0.15, 0.2) is 11.2 Å². The third kappa shape index (κ3) is 3.07. The Morgan fingerprint density at radius 3 is 2.76 bits per heavy atom. The van der Waals surface area contributed by atoms with Gasteiger partial charge in [0.1, 0.15) is 18.2 Å². The van der Waals surface area contributed by atoms with Gasteiger partial charge >= 0.3 is 5.97 Å². The predicted molar refractivity (Wildman–Crippen MR) is 72.7 cm³/mol. The van der Waals surface area contributed by atoms with Crippen LogP contribution < -0.4 is 0 Å². The molecule has 1 N–H and O–H groups in total. The zero-order valence-electron chi connectivity index (χ0n) is 12.0. The molecule has 1 aliphatic heterocycles. The Balaban J connectivity index is 2.32. The fourth-order valence-electron chi connectivity index (χ4n) is 2.46. The highest BCUT2D eigenvalue weighted by Crippen LogP contribution is 2.34. The van der Waals surface area contributed by atoms with Crippen LogP contribution in [0.4, 0.5) is 0 Å². The van der Waals surface area contributed by atoms with Gasteiger partial charge in [0.15, 0.2) is 5.78 Å². The molecule has 21 heavy (non-hydrogen) atoms. The number of nitrogens with zero attached hydrogens (tertiary/aromatic N) is 3. The second kappa shape index (κ2) is 5.99. The number of H-pyrrole nitrogens is 1. The molecule has 0 unspecified atom stereocenters. The zero-order valence-corrected chi connectivity index (χ0v) is 12.0. The maximum absolute atomic E-state index is 11.5. The summed E-state index contributed by atoms with van der Waals surface area (Å²) in [6.45, 7) is 4.69. The summed E-state index contributed by atoms with van der Waals surface area (Å²) >= 11 is 0. The highest BCUT2D eigenvalue weighted by atomic mass is 16.6. The van der Waals surface area contributed by atoms with Crippen molar-refractivity contribution in [3.05, 3.63) is 33.5 Å². The second-order valence-electron chi connectivity index (χ2n) is 4.92. The van der Waals surface area contributed by atoms with Crippen LogP contribution in [0.3, 0.4) is 0 Å². The van der Waals surface area contributed by atoms with E-state index >= 15 is 0 Å². The number of esters is 1. The van der Waals surface area contributed by atoms with Gasteiger partial charge in [0.05, 0.1) is 6.61 Å². The normalized spacial score (nSPS) is 24.4. The van der Waals surface area contributed by atoms with Crippen LogP contribution in [-0.4, -0.2) is 35.5 Å². The summed E-state index contributed by atoms with van der Waals surface area (Å²) < 4.78 is 10.8. The van der Waals surface area contributed by atoms with Crippen LogP contribution in [0, 0.1) is 6.92 Å². The Labute approximate surface area is 121 Å². The second-order valence-corrected chi connectivity index (χ2v) is 4.92. The van der Waals surface area contributed by atoms with E-state index in [9.17, 15) is 9.59 Å². The van der Waals surface area contributed by atoms with Crippen molar-refractivity contribution in [2.45, 2.75) is 39.0 Å². The van der Waals surface area contributed by atoms with E-state index in [1.807, 2.05) is 0 Å². The van der Waals surface area contributed by atoms with E-state index in [4.69, 9.17) is 15.0 Å². The first-order valence-electron chi connectivity index (χ1n) is 6.47. The van der Waals surface area contributed by atoms with Gasteiger partial charge in [0, 0.05) is 28.8 Å². The van der Waals surface area contributed by atoms with E-state index in [1.165, 1.54) is 13.8 Å². The molecular formula is C13H16N4O4. The van der Waals surface area contributed by atoms with Crippen LogP contribution in [-0.2, 0) is 14.3 Å². The summed E-state index contributed by atoms with van der Waals surface area (Å²) in [5.41, 5.74) is 10.5. The molecule has 0 aliphatic carbocycles. The molecule has 0 saturated carbocycles. The average Bonchev–Trinajstić information content (AvgIpc) is 2.94. The van der Waals surface area contributed by atoms with Crippen LogP contribution in [0.25, 0.3) is 10.4 Å². The number of hydrogen-bond acceptors (Lipinski definition) is 5. The number of nitrogens with one attached hydrogen (secondary N) is 1. The van der Waals surface area contributed by atoms with E-state index in [2.05, 4.69) is 15.0 Å². The SMILES string of the molecule is CC(=O)O[C@@H]1[C@@H](N=[N+]=[N-])CO[C@H]1c1cc(C(C)=O)c(C)[nH]1. The highest BCUT2D eigenvalue weighted by molar-refractivity contribution is 5.95. The number of aromatic nitrogens is 1. The molecule has 1 aromatic rings. The molecule has 1 saturated heterocycles. The van der Waals surface area contributed by atoms with E-state index in [-0.39, 0.29) is 12.4 Å². The van der Waals surface area contributed by atoms with E-state index in [1.54, 1.807) is 13.0 Å². The summed E-state index contributed by atoms with van der Waals surface area (Å²) in [5.74, 6) is -0.549. The van der Waals surface area contributed by atoms with E-state index < -0.39 is 24.2 Å². The zero-order chi connectivity index (χ0) is 15.6. The Kier molecular flexibility index (Phi) is 4.30. The van der Waals surface area contributed by atoms with Crippen molar-refractivity contribution < 1.29 is 19.1 Å². The Morgan fingerprint density at radius 2 is 2.24 bits per heavy atom. The van der Waals surface area contributed by atoms with E-state index in [0.29, 0.717) is 11.3 Å². The lowest BCUT2D eigenvalue weighted by Gasteiger charge is -2.19. The molecule has 8 heteroatoms. The molecule has 1 aliphatic rings. The third-order valence-electron chi connectivity index (χ3n) is 3.35. The molecule has 3 atom stereocenters. The Hall–Kier alpha value is -2.31. The van der Waals surface area contributed by atoms with Crippen molar-refractivity contribution in [3.63, 3.8) is 0 Å². The quantitative estimate of drug-likeness (QED) is 0.301. The maximum atomic E-state index is 11.5. The van der Waals surface area contributed by atoms with Gasteiger partial charge in [-0.25, -0.2) is 0 Å². The lowest BCUT2D eigenvalue weighted by atomic mass is 10.1. The third-order valence-corrected chi connectivity index (χ3v) is 3.35. The predicted octanol–water partition coefficient (Wildman–Crippen LogP) is 2.21. The summed E-state index contributed by atoms with van der Waals surface area (Å²) in [6, 6.07) is 1.09. The monoisotopic (exact) mass is 292 g/mol. The number of aromatic amines is 1. The minimum atomic E-state index is -0.712. The number of azide groups is 1. The van der Waals surface area contributed by atoms with Crippen molar-refractivity contribution in [3.8, 4) is 0 Å². The fourth-order valence-corrected chi connectivity index (χ4v) is 2.46. The first-order chi connectivity index (χ1) is 9.93. The average molecular weight is 292 g/mol. The highest BCUT2D eigenvalue weighted by Gasteiger charge is 2.41. The van der Waals surface area contributed by atoms with Gasteiger partial charge in [-0.15, -0.1) is 0 Å². The standard InChI is InChI=1S/C13H16N4O4/c1-6-9(7(2)18)4-10(15-6)12-13(21-8(3)19)11(5-20-12)16-17-14/h4,11-13,15H,5H2,1-3H3/t11-,12-,13+/m0/s1. The first-order valence-corrected chi connectivity index (χ1v) is 6.47. The molecule has 0 aromatic carbocycles. The molecule has 2 rings (SSSR count). The number of carbonyl (C=O) groups excluding carboxylic acids is 2. The summed E-state index contributed by atoms with van der Waals surface area (Å²) in [6.07, 6.45) is -1.30. The molecule has 0 spiro atoms. The largest absolute Gasteiger partial charge is 0.459 e. The van der Waals surface area contributed by atoms with Crippen molar-refractivity contribution in [1.29, 1.82) is 0 Å². The Morgan fingerprint density at radius 1 is 1.52 bits per heavy atom. The molecule has 2 heterocycles. The van der Waals surface area contributed by atoms with Crippen LogP contribution in [0.5, 0.6) is 0 Å². The van der Waals surface area contributed by atoms with Gasteiger partial charge in [0.2, 0.25) is 0 Å². The van der Waals surface area contributed by atoms with Gasteiger partial charge in [-0.3, -0.25) is 9.59 Å². The summed E-state index contributed by atoms with van der Waals surface area (Å²) in [5, 5.41) is 3.60. The molecule has 112 valence electrons. The molecule has 0 radical (unpaired) electrons. The van der Waals surface area contributed by atoms with Crippen LogP contribution in [0.1, 0.15) is 41.7 Å². The summed E-state index contributed by atoms with van der Waals surface area (Å²) in [4.78, 5) is 28.5. The number of ether oxygens (including phenoxy) is 2. The molecule has 0 bridgehead atoms. The first kappa shape index (κ1) is 15.1. The van der Waals surface area contributed by atoms with Crippen LogP contribution in [0.2, 0.25) is 0 Å². The summed E-state index contributed by atoms with van der Waals surface area (Å²) in [7, 11) is 0. The van der Waals surface area contributed by atoms with Gasteiger partial charge in [-0.2, -0.15) is 0 Å². The Bertz CT molecular complexity index is 618. The molecular weight excluding hydrogens is 276 g/mol. The number of hydrogen-bond donors (Lipinski definition) is 1.